The van der Waals surface area contributed by atoms with Crippen LogP contribution in [0.1, 0.15) is 26.3 Å². The SMILES string of the molecule is CC(C)(C)C(=O)C(C#N)N=Nc1ccc(Sc2ncc(C(F)(F)F)cc2Cl)cc1. The number of hydrogen-bond acceptors (Lipinski definition) is 6. The van der Waals surface area contributed by atoms with Gasteiger partial charge >= 0.3 is 6.18 Å². The van der Waals surface area contributed by atoms with Gasteiger partial charge < -0.3 is 0 Å². The van der Waals surface area contributed by atoms with E-state index in [1.165, 1.54) is 0 Å². The number of nitriles is 1. The zero-order valence-corrected chi connectivity index (χ0v) is 17.2. The maximum Gasteiger partial charge on any atom is 0.417 e. The number of pyridine rings is 1. The topological polar surface area (TPSA) is 78.5 Å². The van der Waals surface area contributed by atoms with Crippen molar-refractivity contribution in [3.05, 3.63) is 47.1 Å². The van der Waals surface area contributed by atoms with E-state index in [4.69, 9.17) is 16.9 Å². The average Bonchev–Trinajstić information content (AvgIpc) is 2.63. The molecule has 0 aliphatic rings. The van der Waals surface area contributed by atoms with Crippen LogP contribution < -0.4 is 0 Å². The van der Waals surface area contributed by atoms with Crippen molar-refractivity contribution < 1.29 is 18.0 Å². The molecule has 2 rings (SSSR count). The van der Waals surface area contributed by atoms with Crippen LogP contribution >= 0.6 is 23.4 Å². The fourth-order valence-corrected chi connectivity index (χ4v) is 3.06. The van der Waals surface area contributed by atoms with Crippen molar-refractivity contribution in [1.82, 2.24) is 4.98 Å². The molecule has 0 radical (unpaired) electrons. The quantitative estimate of drug-likeness (QED) is 0.497. The Morgan fingerprint density at radius 1 is 1.24 bits per heavy atom. The normalized spacial score (nSPS) is 13.3. The second-order valence-electron chi connectivity index (χ2n) is 6.97. The van der Waals surface area contributed by atoms with Crippen LogP contribution in [0.25, 0.3) is 0 Å². The Labute approximate surface area is 175 Å². The van der Waals surface area contributed by atoms with E-state index in [9.17, 15) is 18.0 Å². The number of halogens is 4. The van der Waals surface area contributed by atoms with Crippen LogP contribution in [0.2, 0.25) is 5.02 Å². The maximum absolute atomic E-state index is 12.7. The van der Waals surface area contributed by atoms with Crippen LogP contribution in [0.3, 0.4) is 0 Å². The molecule has 0 aliphatic carbocycles. The molecular weight excluding hydrogens is 425 g/mol. The lowest BCUT2D eigenvalue weighted by Crippen LogP contribution is -2.30. The van der Waals surface area contributed by atoms with Gasteiger partial charge in [0.1, 0.15) is 5.03 Å². The Morgan fingerprint density at radius 2 is 1.86 bits per heavy atom. The molecule has 1 aromatic carbocycles. The predicted molar refractivity (Wildman–Crippen MR) is 103 cm³/mol. The molecule has 0 bridgehead atoms. The number of carbonyl (C=O) groups is 1. The maximum atomic E-state index is 12.7. The lowest BCUT2D eigenvalue weighted by atomic mass is 9.87. The minimum absolute atomic E-state index is 0.105. The van der Waals surface area contributed by atoms with E-state index < -0.39 is 23.2 Å². The molecule has 5 nitrogen and oxygen atoms in total. The zero-order valence-electron chi connectivity index (χ0n) is 15.7. The Balaban J connectivity index is 2.11. The van der Waals surface area contributed by atoms with Gasteiger partial charge in [0.05, 0.1) is 22.3 Å². The molecule has 1 heterocycles. The van der Waals surface area contributed by atoms with Gasteiger partial charge in [-0.15, -0.1) is 0 Å². The van der Waals surface area contributed by atoms with Crippen LogP contribution in [-0.4, -0.2) is 16.8 Å². The smallest absolute Gasteiger partial charge is 0.295 e. The minimum Gasteiger partial charge on any atom is -0.295 e. The summed E-state index contributed by atoms with van der Waals surface area (Å²) in [5, 5.41) is 17.0. The third-order valence-corrected chi connectivity index (χ3v) is 5.01. The lowest BCUT2D eigenvalue weighted by molar-refractivity contribution is -0.137. The van der Waals surface area contributed by atoms with E-state index in [1.54, 1.807) is 45.0 Å². The van der Waals surface area contributed by atoms with Crippen LogP contribution in [-0.2, 0) is 11.0 Å². The van der Waals surface area contributed by atoms with E-state index in [-0.39, 0.29) is 15.8 Å². The minimum atomic E-state index is -4.51. The van der Waals surface area contributed by atoms with Gasteiger partial charge in [-0.05, 0) is 30.3 Å². The van der Waals surface area contributed by atoms with Crippen molar-refractivity contribution >= 4 is 34.8 Å². The van der Waals surface area contributed by atoms with E-state index in [1.807, 2.05) is 6.07 Å². The number of ketones is 1. The molecule has 0 aliphatic heterocycles. The fourth-order valence-electron chi connectivity index (χ4n) is 2.02. The summed E-state index contributed by atoms with van der Waals surface area (Å²) in [7, 11) is 0. The molecule has 0 spiro atoms. The molecule has 10 heteroatoms. The summed E-state index contributed by atoms with van der Waals surface area (Å²) in [6.07, 6.45) is -3.78. The van der Waals surface area contributed by atoms with Crippen molar-refractivity contribution in [3.63, 3.8) is 0 Å². The van der Waals surface area contributed by atoms with Crippen molar-refractivity contribution in [3.8, 4) is 6.07 Å². The predicted octanol–water partition coefficient (Wildman–Crippen LogP) is 6.50. The molecule has 0 saturated carbocycles. The molecule has 0 N–H and O–H groups in total. The van der Waals surface area contributed by atoms with Gasteiger partial charge in [-0.2, -0.15) is 28.7 Å². The molecule has 1 aromatic heterocycles. The largest absolute Gasteiger partial charge is 0.417 e. The number of aromatic nitrogens is 1. The second-order valence-corrected chi connectivity index (χ2v) is 8.44. The Bertz CT molecular complexity index is 963. The Kier molecular flexibility index (Phi) is 7.03. The number of nitrogens with zero attached hydrogens (tertiary/aromatic N) is 4. The third kappa shape index (κ3) is 6.27. The molecule has 1 atom stereocenters. The van der Waals surface area contributed by atoms with E-state index in [0.29, 0.717) is 10.6 Å². The Morgan fingerprint density at radius 3 is 2.34 bits per heavy atom. The summed E-state index contributed by atoms with van der Waals surface area (Å²) in [5.41, 5.74) is -1.21. The van der Waals surface area contributed by atoms with Crippen molar-refractivity contribution in [2.24, 2.45) is 15.6 Å². The van der Waals surface area contributed by atoms with Gasteiger partial charge in [0, 0.05) is 16.5 Å². The molecule has 0 amide bonds. The average molecular weight is 441 g/mol. The standard InChI is InChI=1S/C19H16ClF3N4OS/c1-18(2,3)16(28)15(9-24)27-26-12-4-6-13(7-5-12)29-17-14(20)8-11(10-25-17)19(21,22)23/h4-8,10,15H,1-3H3. The molecule has 2 aromatic rings. The third-order valence-electron chi connectivity index (χ3n) is 3.58. The van der Waals surface area contributed by atoms with Crippen LogP contribution in [0.4, 0.5) is 18.9 Å². The highest BCUT2D eigenvalue weighted by Crippen LogP contribution is 2.36. The highest BCUT2D eigenvalue weighted by molar-refractivity contribution is 7.99. The first-order chi connectivity index (χ1) is 13.4. The summed E-state index contributed by atoms with van der Waals surface area (Å²) in [5.74, 6) is -0.334. The van der Waals surface area contributed by atoms with Crippen molar-refractivity contribution in [1.29, 1.82) is 5.26 Å². The second kappa shape index (κ2) is 8.93. The fraction of sp³-hybridized carbons (Fsp3) is 0.316. The van der Waals surface area contributed by atoms with Gasteiger partial charge in [0.15, 0.2) is 5.78 Å². The number of azo groups is 1. The van der Waals surface area contributed by atoms with Crippen molar-refractivity contribution in [2.45, 2.75) is 42.9 Å². The molecule has 29 heavy (non-hydrogen) atoms. The number of benzene rings is 1. The van der Waals surface area contributed by atoms with Crippen LogP contribution in [0.5, 0.6) is 0 Å². The van der Waals surface area contributed by atoms with E-state index in [2.05, 4.69) is 15.2 Å². The summed E-state index contributed by atoms with van der Waals surface area (Å²) in [4.78, 5) is 16.6. The van der Waals surface area contributed by atoms with Crippen LogP contribution in [0.15, 0.2) is 56.7 Å². The van der Waals surface area contributed by atoms with Gasteiger partial charge in [-0.25, -0.2) is 4.98 Å². The Hall–Kier alpha value is -2.44. The lowest BCUT2D eigenvalue weighted by Gasteiger charge is -2.16. The number of alkyl halides is 3. The molecule has 152 valence electrons. The van der Waals surface area contributed by atoms with E-state index in [0.717, 1.165) is 24.0 Å². The highest BCUT2D eigenvalue weighted by Gasteiger charge is 2.32. The number of rotatable bonds is 5. The molecule has 1 unspecified atom stereocenters. The first kappa shape index (κ1) is 22.8. The van der Waals surface area contributed by atoms with Crippen molar-refractivity contribution in [2.75, 3.05) is 0 Å². The monoisotopic (exact) mass is 440 g/mol. The summed E-state index contributed by atoms with van der Waals surface area (Å²) >= 11 is 6.99. The first-order valence-electron chi connectivity index (χ1n) is 8.27. The first-order valence-corrected chi connectivity index (χ1v) is 9.46. The number of hydrogen-bond donors (Lipinski definition) is 0. The summed E-state index contributed by atoms with van der Waals surface area (Å²) in [6.45, 7) is 5.09. The van der Waals surface area contributed by atoms with Crippen LogP contribution in [0, 0.1) is 16.7 Å². The zero-order chi connectivity index (χ0) is 21.8. The van der Waals surface area contributed by atoms with Gasteiger partial charge in [0.2, 0.25) is 6.04 Å². The highest BCUT2D eigenvalue weighted by atomic mass is 35.5. The molecule has 0 saturated heterocycles. The van der Waals surface area contributed by atoms with Gasteiger partial charge in [-0.1, -0.05) is 44.1 Å². The summed E-state index contributed by atoms with van der Waals surface area (Å²) < 4.78 is 38.0. The number of Topliss-reactive ketones (excluding diaryl/α,β-unsaturated/α-hetero) is 1. The molecule has 0 fully saturated rings. The van der Waals surface area contributed by atoms with Gasteiger partial charge in [-0.3, -0.25) is 4.79 Å². The molecular formula is C19H16ClF3N4OS. The number of carbonyl (C=O) groups excluding carboxylic acids is 1. The van der Waals surface area contributed by atoms with Gasteiger partial charge in [0.25, 0.3) is 0 Å². The van der Waals surface area contributed by atoms with E-state index >= 15 is 0 Å². The summed E-state index contributed by atoms with van der Waals surface area (Å²) in [6, 6.07) is 7.96.